The summed E-state index contributed by atoms with van der Waals surface area (Å²) < 4.78 is 29.4. The first-order chi connectivity index (χ1) is 17.0. The molecule has 2 aliphatic rings. The van der Waals surface area contributed by atoms with Crippen LogP contribution in [0.1, 0.15) is 31.0 Å². The van der Waals surface area contributed by atoms with E-state index in [0.29, 0.717) is 19.5 Å². The van der Waals surface area contributed by atoms with Crippen molar-refractivity contribution in [3.05, 3.63) is 78.6 Å². The van der Waals surface area contributed by atoms with Crippen molar-refractivity contribution in [2.24, 2.45) is 0 Å². The molecular formula is C27H28N4O3S. The maximum Gasteiger partial charge on any atom is 0.243 e. The topological polar surface area (TPSA) is 89.5 Å². The van der Waals surface area contributed by atoms with Gasteiger partial charge in [-0.05, 0) is 61.7 Å². The summed E-state index contributed by atoms with van der Waals surface area (Å²) in [6.45, 7) is 1.74. The van der Waals surface area contributed by atoms with Crippen molar-refractivity contribution in [3.63, 3.8) is 0 Å². The fourth-order valence-corrected chi connectivity index (χ4v) is 7.07. The Labute approximate surface area is 205 Å². The molecule has 0 spiro atoms. The molecule has 2 saturated heterocycles. The molecule has 0 unspecified atom stereocenters. The summed E-state index contributed by atoms with van der Waals surface area (Å²) in [7, 11) is -3.74. The quantitative estimate of drug-likeness (QED) is 0.437. The van der Waals surface area contributed by atoms with Gasteiger partial charge >= 0.3 is 0 Å². The lowest BCUT2D eigenvalue weighted by Crippen LogP contribution is -2.31. The third-order valence-corrected chi connectivity index (χ3v) is 9.04. The van der Waals surface area contributed by atoms with Crippen molar-refractivity contribution in [2.45, 2.75) is 36.3 Å². The molecule has 0 aliphatic carbocycles. The van der Waals surface area contributed by atoms with Gasteiger partial charge in [-0.3, -0.25) is 4.98 Å². The van der Waals surface area contributed by atoms with Crippen LogP contribution in [0.25, 0.3) is 22.2 Å². The normalized spacial score (nSPS) is 21.2. The van der Waals surface area contributed by atoms with Gasteiger partial charge in [-0.2, -0.15) is 4.31 Å². The molecule has 8 heteroatoms. The minimum Gasteiger partial charge on any atom is -0.391 e. The summed E-state index contributed by atoms with van der Waals surface area (Å²) in [5.41, 5.74) is 4.40. The number of aliphatic hydroxyl groups excluding tert-OH is 1. The number of aliphatic hydroxyl groups is 1. The summed E-state index contributed by atoms with van der Waals surface area (Å²) in [5.74, 6) is 0. The SMILES string of the molecule is O=S(=O)(c1ccc(N2CC[C@H](O)C2)c(-c2cc3ccccc3[nH]2)c1)N1CCC[C@H]1c1ccccn1. The van der Waals surface area contributed by atoms with E-state index < -0.39 is 10.0 Å². The Balaban J connectivity index is 1.44. The summed E-state index contributed by atoms with van der Waals surface area (Å²) in [5, 5.41) is 11.2. The van der Waals surface area contributed by atoms with Gasteiger partial charge in [0.15, 0.2) is 0 Å². The molecule has 0 radical (unpaired) electrons. The second-order valence-electron chi connectivity index (χ2n) is 9.37. The van der Waals surface area contributed by atoms with Crippen LogP contribution in [0.2, 0.25) is 0 Å². The molecule has 6 rings (SSSR count). The highest BCUT2D eigenvalue weighted by molar-refractivity contribution is 7.89. The van der Waals surface area contributed by atoms with Gasteiger partial charge in [-0.25, -0.2) is 8.42 Å². The lowest BCUT2D eigenvalue weighted by atomic mass is 10.1. The largest absolute Gasteiger partial charge is 0.391 e. The Hall–Kier alpha value is -3.20. The molecule has 35 heavy (non-hydrogen) atoms. The Kier molecular flexibility index (Phi) is 5.59. The number of β-amino-alcohol motifs (C(OH)–C–C–N with tert-alkyl or cyclic N) is 1. The number of rotatable bonds is 5. The number of aromatic amines is 1. The fraction of sp³-hybridized carbons (Fsp3) is 0.296. The Morgan fingerprint density at radius 2 is 1.83 bits per heavy atom. The van der Waals surface area contributed by atoms with Crippen LogP contribution in [0.15, 0.2) is 77.8 Å². The number of aromatic nitrogens is 2. The van der Waals surface area contributed by atoms with Crippen molar-refractivity contribution >= 4 is 26.6 Å². The van der Waals surface area contributed by atoms with Crippen LogP contribution in [0, 0.1) is 0 Å². The monoisotopic (exact) mass is 488 g/mol. The van der Waals surface area contributed by atoms with Crippen molar-refractivity contribution in [2.75, 3.05) is 24.5 Å². The first-order valence-electron chi connectivity index (χ1n) is 12.1. The van der Waals surface area contributed by atoms with Crippen molar-refractivity contribution in [1.29, 1.82) is 0 Å². The van der Waals surface area contributed by atoms with Crippen molar-refractivity contribution < 1.29 is 13.5 Å². The van der Waals surface area contributed by atoms with Gasteiger partial charge in [-0.15, -0.1) is 0 Å². The van der Waals surface area contributed by atoms with Crippen LogP contribution >= 0.6 is 0 Å². The van der Waals surface area contributed by atoms with E-state index in [9.17, 15) is 13.5 Å². The zero-order chi connectivity index (χ0) is 24.0. The number of para-hydroxylation sites is 1. The number of sulfonamides is 1. The Morgan fingerprint density at radius 1 is 0.971 bits per heavy atom. The summed E-state index contributed by atoms with van der Waals surface area (Å²) >= 11 is 0. The molecule has 4 aromatic rings. The van der Waals surface area contributed by atoms with Crippen LogP contribution < -0.4 is 4.90 Å². The standard InChI is InChI=1S/C27H28N4O3S/c32-20-12-15-30(18-20)26-11-10-21(17-22(26)25-16-19-6-1-2-7-23(19)29-25)35(33,34)31-14-5-9-27(31)24-8-3-4-13-28-24/h1-4,6-8,10-11,13,16-17,20,27,29,32H,5,9,12,14-15,18H2/t20-,27-/m0/s1. The van der Waals surface area contributed by atoms with Crippen LogP contribution in [-0.2, 0) is 10.0 Å². The third kappa shape index (κ3) is 4.01. The number of anilines is 1. The molecule has 2 atom stereocenters. The first-order valence-corrected chi connectivity index (χ1v) is 13.5. The van der Waals surface area contributed by atoms with Gasteiger partial charge in [0, 0.05) is 53.7 Å². The van der Waals surface area contributed by atoms with Crippen LogP contribution in [0.3, 0.4) is 0 Å². The zero-order valence-corrected chi connectivity index (χ0v) is 20.2. The van der Waals surface area contributed by atoms with Crippen LogP contribution in [-0.4, -0.2) is 53.5 Å². The van der Waals surface area contributed by atoms with E-state index in [2.05, 4.69) is 20.9 Å². The lowest BCUT2D eigenvalue weighted by Gasteiger charge is -2.26. The van der Waals surface area contributed by atoms with E-state index in [-0.39, 0.29) is 17.0 Å². The average molecular weight is 489 g/mol. The number of fused-ring (bicyclic) bond motifs is 1. The van der Waals surface area contributed by atoms with E-state index >= 15 is 0 Å². The maximum absolute atomic E-state index is 13.9. The molecule has 0 amide bonds. The second kappa shape index (κ2) is 8.78. The van der Waals surface area contributed by atoms with Crippen molar-refractivity contribution in [3.8, 4) is 11.3 Å². The summed E-state index contributed by atoms with van der Waals surface area (Å²) in [6, 6.07) is 20.8. The summed E-state index contributed by atoms with van der Waals surface area (Å²) in [6.07, 6.45) is 3.60. The van der Waals surface area contributed by atoms with Gasteiger partial charge in [0.2, 0.25) is 10.0 Å². The van der Waals surface area contributed by atoms with Crippen LogP contribution in [0.5, 0.6) is 0 Å². The lowest BCUT2D eigenvalue weighted by molar-refractivity contribution is 0.198. The Morgan fingerprint density at radius 3 is 2.60 bits per heavy atom. The average Bonchev–Trinajstić information content (AvgIpc) is 3.63. The van der Waals surface area contributed by atoms with E-state index in [0.717, 1.165) is 52.9 Å². The highest BCUT2D eigenvalue weighted by atomic mass is 32.2. The number of nitrogens with zero attached hydrogens (tertiary/aromatic N) is 3. The molecule has 0 saturated carbocycles. The summed E-state index contributed by atoms with van der Waals surface area (Å²) in [4.78, 5) is 10.3. The predicted molar refractivity (Wildman–Crippen MR) is 137 cm³/mol. The minimum atomic E-state index is -3.74. The molecule has 180 valence electrons. The highest BCUT2D eigenvalue weighted by Crippen LogP contribution is 2.40. The van der Waals surface area contributed by atoms with Gasteiger partial charge in [0.1, 0.15) is 0 Å². The molecule has 2 N–H and O–H groups in total. The Bertz CT molecular complexity index is 1440. The number of H-pyrrole nitrogens is 1. The smallest absolute Gasteiger partial charge is 0.243 e. The van der Waals surface area contributed by atoms with Gasteiger partial charge in [0.25, 0.3) is 0 Å². The molecule has 2 aromatic carbocycles. The molecule has 0 bridgehead atoms. The number of nitrogens with one attached hydrogen (secondary N) is 1. The minimum absolute atomic E-state index is 0.258. The van der Waals surface area contributed by atoms with E-state index in [1.54, 1.807) is 22.6 Å². The maximum atomic E-state index is 13.9. The molecule has 2 aliphatic heterocycles. The van der Waals surface area contributed by atoms with E-state index in [1.165, 1.54) is 0 Å². The number of hydrogen-bond acceptors (Lipinski definition) is 5. The highest BCUT2D eigenvalue weighted by Gasteiger charge is 2.37. The molecule has 7 nitrogen and oxygen atoms in total. The number of pyridine rings is 1. The van der Waals surface area contributed by atoms with Gasteiger partial charge in [-0.1, -0.05) is 24.3 Å². The van der Waals surface area contributed by atoms with E-state index in [1.807, 2.05) is 48.5 Å². The molecular weight excluding hydrogens is 460 g/mol. The number of hydrogen-bond donors (Lipinski definition) is 2. The van der Waals surface area contributed by atoms with Gasteiger partial charge in [0.05, 0.1) is 22.7 Å². The van der Waals surface area contributed by atoms with Crippen molar-refractivity contribution in [1.82, 2.24) is 14.3 Å². The predicted octanol–water partition coefficient (Wildman–Crippen LogP) is 4.33. The molecule has 2 fully saturated rings. The van der Waals surface area contributed by atoms with E-state index in [4.69, 9.17) is 0 Å². The first kappa shape index (κ1) is 22.3. The zero-order valence-electron chi connectivity index (χ0n) is 19.3. The molecule has 2 aromatic heterocycles. The fourth-order valence-electron chi connectivity index (χ4n) is 5.38. The third-order valence-electron chi connectivity index (χ3n) is 7.13. The second-order valence-corrected chi connectivity index (χ2v) is 11.3. The van der Waals surface area contributed by atoms with Crippen LogP contribution in [0.4, 0.5) is 5.69 Å². The number of benzene rings is 2. The van der Waals surface area contributed by atoms with Gasteiger partial charge < -0.3 is 15.0 Å². The molecule has 4 heterocycles.